The van der Waals surface area contributed by atoms with E-state index in [0.717, 1.165) is 50.8 Å². The molecule has 1 unspecified atom stereocenters. The molecule has 160 valence electrons. The van der Waals surface area contributed by atoms with Gasteiger partial charge in [-0.3, -0.25) is 9.89 Å². The van der Waals surface area contributed by atoms with Crippen molar-refractivity contribution in [3.8, 4) is 0 Å². The maximum absolute atomic E-state index is 6.27. The van der Waals surface area contributed by atoms with Gasteiger partial charge in [0, 0.05) is 57.5 Å². The summed E-state index contributed by atoms with van der Waals surface area (Å²) < 4.78 is 0. The fraction of sp³-hybridized carbons (Fsp3) is 0.700. The number of hydrogen-bond acceptors (Lipinski definition) is 4. The van der Waals surface area contributed by atoms with Crippen LogP contribution in [0.25, 0.3) is 0 Å². The molecule has 2 rings (SSSR count). The Bertz CT molecular complexity index is 602. The number of hydrogen-bond donors (Lipinski definition) is 2. The Balaban J connectivity index is 0.00000392. The fourth-order valence-electron chi connectivity index (χ4n) is 3.65. The SMILES string of the molecule is CN=C(NCCCN(C(C)C)C(C)C)NC1CCN(c2ncccc2Cl)C1.I. The number of nitrogens with zero attached hydrogens (tertiary/aromatic N) is 4. The van der Waals surface area contributed by atoms with Gasteiger partial charge in [0.05, 0.1) is 5.02 Å². The summed E-state index contributed by atoms with van der Waals surface area (Å²) in [5.41, 5.74) is 0. The quantitative estimate of drug-likeness (QED) is 0.236. The minimum atomic E-state index is 0. The van der Waals surface area contributed by atoms with E-state index in [-0.39, 0.29) is 24.0 Å². The zero-order chi connectivity index (χ0) is 19.8. The summed E-state index contributed by atoms with van der Waals surface area (Å²) in [5.74, 6) is 1.74. The Labute approximate surface area is 192 Å². The molecule has 8 heteroatoms. The normalized spacial score (nSPS) is 17.4. The van der Waals surface area contributed by atoms with Crippen LogP contribution in [-0.4, -0.2) is 67.2 Å². The molecule has 0 radical (unpaired) electrons. The first kappa shape index (κ1) is 25.2. The molecule has 1 aromatic heterocycles. The second-order valence-electron chi connectivity index (χ2n) is 7.66. The summed E-state index contributed by atoms with van der Waals surface area (Å²) in [6.07, 6.45) is 3.93. The van der Waals surface area contributed by atoms with Crippen LogP contribution in [0.1, 0.15) is 40.5 Å². The maximum atomic E-state index is 6.27. The van der Waals surface area contributed by atoms with E-state index < -0.39 is 0 Å². The molecular weight excluding hydrogens is 487 g/mol. The number of aliphatic imine (C=N–C) groups is 1. The van der Waals surface area contributed by atoms with Gasteiger partial charge >= 0.3 is 0 Å². The number of nitrogens with one attached hydrogen (secondary N) is 2. The Morgan fingerprint density at radius 1 is 1.36 bits per heavy atom. The van der Waals surface area contributed by atoms with E-state index in [0.29, 0.717) is 23.1 Å². The smallest absolute Gasteiger partial charge is 0.191 e. The summed E-state index contributed by atoms with van der Waals surface area (Å²) in [7, 11) is 1.83. The van der Waals surface area contributed by atoms with Crippen LogP contribution in [0.3, 0.4) is 0 Å². The molecule has 0 aliphatic carbocycles. The van der Waals surface area contributed by atoms with Gasteiger partial charge in [-0.25, -0.2) is 4.98 Å². The van der Waals surface area contributed by atoms with Crippen molar-refractivity contribution in [2.75, 3.05) is 38.1 Å². The van der Waals surface area contributed by atoms with E-state index in [4.69, 9.17) is 11.6 Å². The largest absolute Gasteiger partial charge is 0.356 e. The van der Waals surface area contributed by atoms with Gasteiger partial charge < -0.3 is 15.5 Å². The van der Waals surface area contributed by atoms with Crippen molar-refractivity contribution in [3.05, 3.63) is 23.4 Å². The van der Waals surface area contributed by atoms with Gasteiger partial charge in [-0.1, -0.05) is 11.6 Å². The van der Waals surface area contributed by atoms with Gasteiger partial charge in [0.2, 0.25) is 0 Å². The first-order chi connectivity index (χ1) is 12.9. The first-order valence-electron chi connectivity index (χ1n) is 10.0. The van der Waals surface area contributed by atoms with Crippen LogP contribution in [0, 0.1) is 0 Å². The van der Waals surface area contributed by atoms with Crippen LogP contribution in [0.5, 0.6) is 0 Å². The van der Waals surface area contributed by atoms with Crippen molar-refractivity contribution in [3.63, 3.8) is 0 Å². The number of halogens is 2. The van der Waals surface area contributed by atoms with Gasteiger partial charge in [-0.05, 0) is 52.7 Å². The van der Waals surface area contributed by atoms with E-state index in [1.165, 1.54) is 0 Å². The molecule has 0 bridgehead atoms. The van der Waals surface area contributed by atoms with Gasteiger partial charge in [0.25, 0.3) is 0 Å². The molecule has 6 nitrogen and oxygen atoms in total. The van der Waals surface area contributed by atoms with Crippen LogP contribution in [-0.2, 0) is 0 Å². The topological polar surface area (TPSA) is 55.8 Å². The zero-order valence-corrected chi connectivity index (χ0v) is 20.9. The van der Waals surface area contributed by atoms with E-state index >= 15 is 0 Å². The molecule has 1 atom stereocenters. The van der Waals surface area contributed by atoms with Gasteiger partial charge in [0.15, 0.2) is 5.96 Å². The van der Waals surface area contributed by atoms with Crippen molar-refractivity contribution in [2.24, 2.45) is 4.99 Å². The zero-order valence-electron chi connectivity index (χ0n) is 17.8. The lowest BCUT2D eigenvalue weighted by molar-refractivity contribution is 0.173. The minimum absolute atomic E-state index is 0. The molecule has 0 saturated carbocycles. The monoisotopic (exact) mass is 522 g/mol. The van der Waals surface area contributed by atoms with Crippen LogP contribution >= 0.6 is 35.6 Å². The molecular formula is C20H36ClIN6. The van der Waals surface area contributed by atoms with Crippen molar-refractivity contribution in [1.29, 1.82) is 0 Å². The van der Waals surface area contributed by atoms with Gasteiger partial charge in [0.1, 0.15) is 5.82 Å². The summed E-state index contributed by atoms with van der Waals surface area (Å²) in [4.78, 5) is 13.5. The third-order valence-corrected chi connectivity index (χ3v) is 5.30. The Morgan fingerprint density at radius 2 is 2.07 bits per heavy atom. The first-order valence-corrected chi connectivity index (χ1v) is 10.4. The highest BCUT2D eigenvalue weighted by atomic mass is 127. The lowest BCUT2D eigenvalue weighted by Crippen LogP contribution is -2.45. The second-order valence-corrected chi connectivity index (χ2v) is 8.07. The number of anilines is 1. The molecule has 0 amide bonds. The predicted molar refractivity (Wildman–Crippen MR) is 131 cm³/mol. The lowest BCUT2D eigenvalue weighted by atomic mass is 10.2. The number of pyridine rings is 1. The molecule has 1 aromatic rings. The van der Waals surface area contributed by atoms with E-state index in [1.807, 2.05) is 19.2 Å². The third kappa shape index (κ3) is 7.55. The maximum Gasteiger partial charge on any atom is 0.191 e. The van der Waals surface area contributed by atoms with Crippen molar-refractivity contribution in [1.82, 2.24) is 20.5 Å². The number of guanidine groups is 1. The highest BCUT2D eigenvalue weighted by Crippen LogP contribution is 2.25. The van der Waals surface area contributed by atoms with E-state index in [1.54, 1.807) is 6.20 Å². The molecule has 0 spiro atoms. The van der Waals surface area contributed by atoms with Gasteiger partial charge in [-0.2, -0.15) is 0 Å². The summed E-state index contributed by atoms with van der Waals surface area (Å²) in [5, 5.41) is 7.69. The van der Waals surface area contributed by atoms with Crippen LogP contribution in [0.4, 0.5) is 5.82 Å². The predicted octanol–water partition coefficient (Wildman–Crippen LogP) is 3.61. The van der Waals surface area contributed by atoms with E-state index in [2.05, 4.69) is 58.1 Å². The molecule has 2 heterocycles. The Kier molecular flexibility index (Phi) is 11.4. The average molecular weight is 523 g/mol. The van der Waals surface area contributed by atoms with E-state index in [9.17, 15) is 0 Å². The summed E-state index contributed by atoms with van der Waals surface area (Å²) >= 11 is 6.27. The molecule has 1 aliphatic heterocycles. The molecule has 1 aliphatic rings. The van der Waals surface area contributed by atoms with Crippen molar-refractivity contribution < 1.29 is 0 Å². The summed E-state index contributed by atoms with van der Waals surface area (Å²) in [6, 6.07) is 5.25. The Hall–Kier alpha value is -0.800. The highest BCUT2D eigenvalue weighted by molar-refractivity contribution is 14.0. The van der Waals surface area contributed by atoms with Crippen molar-refractivity contribution >= 4 is 47.4 Å². The highest BCUT2D eigenvalue weighted by Gasteiger charge is 2.25. The number of rotatable bonds is 8. The standard InChI is InChI=1S/C20H35ClN6.HI/c1-15(2)27(16(3)4)12-7-11-24-20(22-5)25-17-9-13-26(14-17)19-18(21)8-6-10-23-19;/h6,8,10,15-17H,7,9,11-14H2,1-5H3,(H2,22,24,25);1H. The number of aromatic nitrogens is 1. The minimum Gasteiger partial charge on any atom is -0.356 e. The second kappa shape index (κ2) is 12.7. The average Bonchev–Trinajstić information content (AvgIpc) is 3.08. The lowest BCUT2D eigenvalue weighted by Gasteiger charge is -2.30. The molecule has 1 fully saturated rings. The molecule has 1 saturated heterocycles. The Morgan fingerprint density at radius 3 is 2.68 bits per heavy atom. The molecule has 28 heavy (non-hydrogen) atoms. The van der Waals surface area contributed by atoms with Crippen LogP contribution in [0.2, 0.25) is 5.02 Å². The third-order valence-electron chi connectivity index (χ3n) is 5.00. The fourth-order valence-corrected chi connectivity index (χ4v) is 3.89. The van der Waals surface area contributed by atoms with Gasteiger partial charge in [-0.15, -0.1) is 24.0 Å². The van der Waals surface area contributed by atoms with Crippen LogP contribution < -0.4 is 15.5 Å². The van der Waals surface area contributed by atoms with Crippen molar-refractivity contribution in [2.45, 2.75) is 58.7 Å². The summed E-state index contributed by atoms with van der Waals surface area (Å²) in [6.45, 7) is 12.9. The molecule has 0 aromatic carbocycles. The van der Waals surface area contributed by atoms with Crippen LogP contribution in [0.15, 0.2) is 23.3 Å². The molecule has 2 N–H and O–H groups in total.